The predicted molar refractivity (Wildman–Crippen MR) is 74.4 cm³/mol. The van der Waals surface area contributed by atoms with E-state index in [0.717, 1.165) is 17.4 Å². The molecule has 0 aliphatic heterocycles. The molecule has 2 N–H and O–H groups in total. The lowest BCUT2D eigenvalue weighted by Crippen LogP contribution is -2.45. The Balaban J connectivity index is 2.89. The van der Waals surface area contributed by atoms with E-state index in [1.165, 1.54) is 17.2 Å². The average molecular weight is 320 g/mol. The second kappa shape index (κ2) is 6.33. The molecule has 1 heterocycles. The number of thiophene rings is 1. The molecule has 1 atom stereocenters. The van der Waals surface area contributed by atoms with Crippen LogP contribution in [0.2, 0.25) is 0 Å². The minimum atomic E-state index is -3.91. The first kappa shape index (κ1) is 16.6. The Labute approximate surface area is 121 Å². The first-order valence-corrected chi connectivity index (χ1v) is 8.14. The maximum Gasteiger partial charge on any atom is 0.345 e. The highest BCUT2D eigenvalue weighted by Crippen LogP contribution is 2.19. The minimum Gasteiger partial charge on any atom is -0.477 e. The van der Waals surface area contributed by atoms with Crippen molar-refractivity contribution >= 4 is 33.2 Å². The van der Waals surface area contributed by atoms with Gasteiger partial charge in [0.2, 0.25) is 15.9 Å². The molecule has 0 spiro atoms. The first-order chi connectivity index (χ1) is 9.19. The second-order valence-electron chi connectivity index (χ2n) is 4.15. The molecule has 0 saturated carbocycles. The first-order valence-electron chi connectivity index (χ1n) is 5.78. The topological polar surface area (TPSA) is 104 Å². The summed E-state index contributed by atoms with van der Waals surface area (Å²) >= 11 is 0.817. The van der Waals surface area contributed by atoms with Gasteiger partial charge in [-0.2, -0.15) is 4.72 Å². The SMILES string of the molecule is CCN(C)C(=O)C(C)NS(=O)(=O)c1csc(C(=O)O)c1. The highest BCUT2D eigenvalue weighted by Gasteiger charge is 2.25. The third-order valence-electron chi connectivity index (χ3n) is 2.65. The number of nitrogens with zero attached hydrogens (tertiary/aromatic N) is 1. The maximum atomic E-state index is 12.0. The summed E-state index contributed by atoms with van der Waals surface area (Å²) in [6, 6.07) is 0.147. The van der Waals surface area contributed by atoms with Gasteiger partial charge in [-0.05, 0) is 19.9 Å². The zero-order valence-corrected chi connectivity index (χ0v) is 12.9. The highest BCUT2D eigenvalue weighted by molar-refractivity contribution is 7.89. The Morgan fingerprint density at radius 3 is 2.55 bits per heavy atom. The van der Waals surface area contributed by atoms with Crippen molar-refractivity contribution in [3.63, 3.8) is 0 Å². The number of carboxylic acid groups (broad SMARTS) is 1. The number of carbonyl (C=O) groups is 2. The number of aromatic carboxylic acids is 1. The summed E-state index contributed by atoms with van der Waals surface area (Å²) in [6.45, 7) is 3.68. The van der Waals surface area contributed by atoms with Crippen LogP contribution in [-0.2, 0) is 14.8 Å². The van der Waals surface area contributed by atoms with Crippen molar-refractivity contribution in [1.82, 2.24) is 9.62 Å². The molecule has 0 bridgehead atoms. The zero-order chi connectivity index (χ0) is 15.5. The summed E-state index contributed by atoms with van der Waals surface area (Å²) in [5.74, 6) is -1.55. The van der Waals surface area contributed by atoms with Crippen LogP contribution in [0.4, 0.5) is 0 Å². The molecule has 1 unspecified atom stereocenters. The molecule has 1 aromatic rings. The Kier molecular flexibility index (Phi) is 5.26. The lowest BCUT2D eigenvalue weighted by molar-refractivity contribution is -0.131. The standard InChI is InChI=1S/C11H16N2O5S2/c1-4-13(3)10(14)7(2)12-20(17,18)8-5-9(11(15)16)19-6-8/h5-7,12H,4H2,1-3H3,(H,15,16). The molecule has 0 fully saturated rings. The summed E-state index contributed by atoms with van der Waals surface area (Å²) < 4.78 is 26.3. The molecule has 0 aliphatic carbocycles. The molecule has 0 radical (unpaired) electrons. The smallest absolute Gasteiger partial charge is 0.345 e. The monoisotopic (exact) mass is 320 g/mol. The number of amides is 1. The van der Waals surface area contributed by atoms with E-state index >= 15 is 0 Å². The molecule has 7 nitrogen and oxygen atoms in total. The summed E-state index contributed by atoms with van der Waals surface area (Å²) in [5.41, 5.74) is 0. The van der Waals surface area contributed by atoms with Crippen LogP contribution >= 0.6 is 11.3 Å². The van der Waals surface area contributed by atoms with Gasteiger partial charge in [0.05, 0.1) is 10.9 Å². The molecule has 0 aliphatic rings. The molecule has 1 amide bonds. The quantitative estimate of drug-likeness (QED) is 0.798. The third-order valence-corrected chi connectivity index (χ3v) is 5.24. The fraction of sp³-hybridized carbons (Fsp3) is 0.455. The van der Waals surface area contributed by atoms with Gasteiger partial charge < -0.3 is 10.0 Å². The number of nitrogens with one attached hydrogen (secondary N) is 1. The number of hydrogen-bond acceptors (Lipinski definition) is 5. The highest BCUT2D eigenvalue weighted by atomic mass is 32.2. The summed E-state index contributed by atoms with van der Waals surface area (Å²) in [4.78, 5) is 23.7. The van der Waals surface area contributed by atoms with Crippen molar-refractivity contribution in [3.05, 3.63) is 16.3 Å². The lowest BCUT2D eigenvalue weighted by Gasteiger charge is -2.20. The van der Waals surface area contributed by atoms with Crippen LogP contribution in [0.3, 0.4) is 0 Å². The molecule has 1 aromatic heterocycles. The van der Waals surface area contributed by atoms with E-state index in [1.54, 1.807) is 14.0 Å². The van der Waals surface area contributed by atoms with E-state index in [4.69, 9.17) is 5.11 Å². The summed E-state index contributed by atoms with van der Waals surface area (Å²) in [7, 11) is -2.34. The van der Waals surface area contributed by atoms with Gasteiger partial charge in [-0.3, -0.25) is 4.79 Å². The maximum absolute atomic E-state index is 12.0. The largest absolute Gasteiger partial charge is 0.477 e. The predicted octanol–water partition coefficient (Wildman–Crippen LogP) is 0.591. The van der Waals surface area contributed by atoms with E-state index in [0.29, 0.717) is 6.54 Å². The van der Waals surface area contributed by atoms with Crippen LogP contribution in [0.1, 0.15) is 23.5 Å². The molecule has 1 rings (SSSR count). The normalized spacial score (nSPS) is 12.9. The van der Waals surface area contributed by atoms with Crippen molar-refractivity contribution in [1.29, 1.82) is 0 Å². The van der Waals surface area contributed by atoms with Crippen molar-refractivity contribution in [2.45, 2.75) is 24.8 Å². The third kappa shape index (κ3) is 3.78. The van der Waals surface area contributed by atoms with Gasteiger partial charge in [-0.25, -0.2) is 13.2 Å². The Bertz CT molecular complexity index is 608. The van der Waals surface area contributed by atoms with Gasteiger partial charge >= 0.3 is 5.97 Å². The van der Waals surface area contributed by atoms with Crippen molar-refractivity contribution < 1.29 is 23.1 Å². The Hall–Kier alpha value is -1.45. The fourth-order valence-corrected chi connectivity index (χ4v) is 3.72. The van der Waals surface area contributed by atoms with Crippen LogP contribution in [0.5, 0.6) is 0 Å². The van der Waals surface area contributed by atoms with Crippen molar-refractivity contribution in [2.24, 2.45) is 0 Å². The molecule has 0 saturated heterocycles. The van der Waals surface area contributed by atoms with Crippen LogP contribution in [-0.4, -0.2) is 49.9 Å². The Morgan fingerprint density at radius 2 is 2.10 bits per heavy atom. The van der Waals surface area contributed by atoms with Crippen molar-refractivity contribution in [3.8, 4) is 0 Å². The number of hydrogen-bond donors (Lipinski definition) is 2. The number of carboxylic acids is 1. The summed E-state index contributed by atoms with van der Waals surface area (Å²) in [6.07, 6.45) is 0. The molecule has 112 valence electrons. The molecular weight excluding hydrogens is 304 g/mol. The Morgan fingerprint density at radius 1 is 1.50 bits per heavy atom. The van der Waals surface area contributed by atoms with Crippen LogP contribution in [0, 0.1) is 0 Å². The lowest BCUT2D eigenvalue weighted by atomic mass is 10.3. The fourth-order valence-electron chi connectivity index (χ4n) is 1.41. The van der Waals surface area contributed by atoms with E-state index in [2.05, 4.69) is 4.72 Å². The average Bonchev–Trinajstić information content (AvgIpc) is 2.86. The van der Waals surface area contributed by atoms with Crippen LogP contribution in [0.25, 0.3) is 0 Å². The van der Waals surface area contributed by atoms with Gasteiger partial charge in [0.1, 0.15) is 4.88 Å². The van der Waals surface area contributed by atoms with E-state index in [9.17, 15) is 18.0 Å². The number of rotatable bonds is 6. The summed E-state index contributed by atoms with van der Waals surface area (Å²) in [5, 5.41) is 10.0. The van der Waals surface area contributed by atoms with E-state index in [1.807, 2.05) is 0 Å². The number of likely N-dealkylation sites (N-methyl/N-ethyl adjacent to an activating group) is 1. The zero-order valence-electron chi connectivity index (χ0n) is 11.3. The second-order valence-corrected chi connectivity index (χ2v) is 6.77. The van der Waals surface area contributed by atoms with Gasteiger partial charge in [-0.1, -0.05) is 0 Å². The molecular formula is C11H16N2O5S2. The van der Waals surface area contributed by atoms with Gasteiger partial charge in [0, 0.05) is 19.0 Å². The number of sulfonamides is 1. The van der Waals surface area contributed by atoms with E-state index < -0.39 is 22.0 Å². The van der Waals surface area contributed by atoms with E-state index in [-0.39, 0.29) is 15.7 Å². The minimum absolute atomic E-state index is 0.0740. The van der Waals surface area contributed by atoms with Gasteiger partial charge in [0.15, 0.2) is 0 Å². The van der Waals surface area contributed by atoms with Crippen LogP contribution in [0.15, 0.2) is 16.3 Å². The van der Waals surface area contributed by atoms with Crippen molar-refractivity contribution in [2.75, 3.05) is 13.6 Å². The molecule has 0 aromatic carbocycles. The number of carbonyl (C=O) groups excluding carboxylic acids is 1. The van der Waals surface area contributed by atoms with Gasteiger partial charge in [-0.15, -0.1) is 11.3 Å². The molecule has 9 heteroatoms. The van der Waals surface area contributed by atoms with Crippen LogP contribution < -0.4 is 4.72 Å². The molecule has 20 heavy (non-hydrogen) atoms. The van der Waals surface area contributed by atoms with Gasteiger partial charge in [0.25, 0.3) is 0 Å².